The molecule has 0 atom stereocenters. The molecule has 2 heterocycles. The molecule has 24 heavy (non-hydrogen) atoms. The summed E-state index contributed by atoms with van der Waals surface area (Å²) < 4.78 is 2.57. The van der Waals surface area contributed by atoms with Gasteiger partial charge in [0.05, 0.1) is 0 Å². The lowest BCUT2D eigenvalue weighted by Crippen LogP contribution is -2.18. The minimum Gasteiger partial charge on any atom is -0.344 e. The van der Waals surface area contributed by atoms with Crippen LogP contribution < -0.4 is 5.32 Å². The fraction of sp³-hybridized carbons (Fsp3) is 0.364. The molecule has 1 N–H and O–H groups in total. The van der Waals surface area contributed by atoms with E-state index in [9.17, 15) is 0 Å². The van der Waals surface area contributed by atoms with Crippen LogP contribution in [0.3, 0.4) is 0 Å². The molecule has 0 unspecified atom stereocenters. The predicted molar refractivity (Wildman–Crippen MR) is 101 cm³/mol. The number of fused-ring (bicyclic) bond motifs is 3. The fourth-order valence-corrected chi connectivity index (χ4v) is 4.02. The summed E-state index contributed by atoms with van der Waals surface area (Å²) in [6, 6.07) is 17.6. The molecule has 1 aliphatic rings. The number of nitrogens with zero attached hydrogens (tertiary/aromatic N) is 1. The number of benzene rings is 2. The van der Waals surface area contributed by atoms with Crippen LogP contribution in [0, 0.1) is 6.92 Å². The van der Waals surface area contributed by atoms with Crippen molar-refractivity contribution in [2.24, 2.45) is 0 Å². The van der Waals surface area contributed by atoms with Gasteiger partial charge in [0, 0.05) is 29.7 Å². The van der Waals surface area contributed by atoms with E-state index in [-0.39, 0.29) is 0 Å². The third kappa shape index (κ3) is 2.99. The summed E-state index contributed by atoms with van der Waals surface area (Å²) in [6.07, 6.45) is 5.01. The van der Waals surface area contributed by atoms with Crippen molar-refractivity contribution in [3.8, 4) is 0 Å². The van der Waals surface area contributed by atoms with E-state index in [0.29, 0.717) is 0 Å². The van der Waals surface area contributed by atoms with Crippen LogP contribution in [0.2, 0.25) is 0 Å². The smallest absolute Gasteiger partial charge is 0.0485 e. The van der Waals surface area contributed by atoms with Gasteiger partial charge in [0.2, 0.25) is 0 Å². The third-order valence-electron chi connectivity index (χ3n) is 5.21. The molecule has 0 saturated carbocycles. The Morgan fingerprint density at radius 1 is 1.04 bits per heavy atom. The summed E-state index contributed by atoms with van der Waals surface area (Å²) in [4.78, 5) is 0. The van der Waals surface area contributed by atoms with Crippen LogP contribution >= 0.6 is 0 Å². The first kappa shape index (κ1) is 15.5. The first-order valence-electron chi connectivity index (χ1n) is 9.18. The summed E-state index contributed by atoms with van der Waals surface area (Å²) in [7, 11) is 0. The maximum absolute atomic E-state index is 3.62. The quantitative estimate of drug-likeness (QED) is 0.679. The number of nitrogens with one attached hydrogen (secondary N) is 1. The third-order valence-corrected chi connectivity index (χ3v) is 5.21. The minimum atomic E-state index is 0.952. The van der Waals surface area contributed by atoms with Gasteiger partial charge >= 0.3 is 0 Å². The highest BCUT2D eigenvalue weighted by atomic mass is 15.0. The van der Waals surface area contributed by atoms with Crippen LogP contribution in [-0.2, 0) is 25.9 Å². The van der Waals surface area contributed by atoms with E-state index in [2.05, 4.69) is 65.3 Å². The van der Waals surface area contributed by atoms with Gasteiger partial charge in [-0.15, -0.1) is 0 Å². The molecule has 0 fully saturated rings. The zero-order valence-electron chi connectivity index (χ0n) is 14.5. The van der Waals surface area contributed by atoms with Gasteiger partial charge in [0.1, 0.15) is 0 Å². The Morgan fingerprint density at radius 3 is 2.79 bits per heavy atom. The van der Waals surface area contributed by atoms with Gasteiger partial charge in [-0.25, -0.2) is 0 Å². The lowest BCUT2D eigenvalue weighted by atomic mass is 10.0. The Balaban J connectivity index is 1.54. The van der Waals surface area contributed by atoms with Crippen molar-refractivity contribution < 1.29 is 0 Å². The van der Waals surface area contributed by atoms with E-state index in [1.807, 2.05) is 0 Å². The lowest BCUT2D eigenvalue weighted by molar-refractivity contribution is 0.539. The summed E-state index contributed by atoms with van der Waals surface area (Å²) in [5.41, 5.74) is 7.33. The number of rotatable bonds is 5. The van der Waals surface area contributed by atoms with Gasteiger partial charge in [-0.3, -0.25) is 0 Å². The molecular formula is C22H26N2. The highest BCUT2D eigenvalue weighted by Crippen LogP contribution is 2.31. The Morgan fingerprint density at radius 2 is 1.92 bits per heavy atom. The van der Waals surface area contributed by atoms with Crippen molar-refractivity contribution in [3.05, 3.63) is 70.9 Å². The standard InChI is InChI=1S/C22H26N2/c1-17-10-11-22-20(15-17)19(21-9-5-6-14-24(21)22)12-13-23-16-18-7-3-2-4-8-18/h2-4,7-8,10-11,15,23H,5-6,9,12-14,16H2,1H3. The zero-order valence-corrected chi connectivity index (χ0v) is 14.5. The van der Waals surface area contributed by atoms with Crippen molar-refractivity contribution in [1.82, 2.24) is 9.88 Å². The number of hydrogen-bond donors (Lipinski definition) is 1. The molecule has 0 spiro atoms. The molecule has 2 heteroatoms. The Bertz CT molecular complexity index is 830. The topological polar surface area (TPSA) is 17.0 Å². The number of hydrogen-bond acceptors (Lipinski definition) is 1. The second-order valence-corrected chi connectivity index (χ2v) is 6.97. The molecule has 124 valence electrons. The van der Waals surface area contributed by atoms with Crippen molar-refractivity contribution in [2.75, 3.05) is 6.54 Å². The van der Waals surface area contributed by atoms with E-state index in [4.69, 9.17) is 0 Å². The molecular weight excluding hydrogens is 292 g/mol. The largest absolute Gasteiger partial charge is 0.344 e. The van der Waals surface area contributed by atoms with Crippen LogP contribution in [0.5, 0.6) is 0 Å². The first-order valence-corrected chi connectivity index (χ1v) is 9.18. The Labute approximate surface area is 144 Å². The van der Waals surface area contributed by atoms with E-state index < -0.39 is 0 Å². The first-order chi connectivity index (χ1) is 11.8. The second kappa shape index (κ2) is 6.82. The summed E-state index contributed by atoms with van der Waals surface area (Å²) in [6.45, 7) is 5.38. The summed E-state index contributed by atoms with van der Waals surface area (Å²) >= 11 is 0. The molecule has 1 aliphatic heterocycles. The zero-order chi connectivity index (χ0) is 16.4. The molecule has 0 radical (unpaired) electrons. The molecule has 0 aliphatic carbocycles. The van der Waals surface area contributed by atoms with E-state index in [1.54, 1.807) is 11.3 Å². The molecule has 4 rings (SSSR count). The second-order valence-electron chi connectivity index (χ2n) is 6.97. The number of aryl methyl sites for hydroxylation is 2. The van der Waals surface area contributed by atoms with Crippen molar-refractivity contribution >= 4 is 10.9 Å². The highest BCUT2D eigenvalue weighted by molar-refractivity contribution is 5.86. The van der Waals surface area contributed by atoms with Crippen LogP contribution in [-0.4, -0.2) is 11.1 Å². The van der Waals surface area contributed by atoms with E-state index in [1.165, 1.54) is 47.8 Å². The van der Waals surface area contributed by atoms with Gasteiger partial charge in [-0.1, -0.05) is 42.0 Å². The summed E-state index contributed by atoms with van der Waals surface area (Å²) in [5, 5.41) is 5.10. The van der Waals surface area contributed by atoms with Crippen molar-refractivity contribution in [3.63, 3.8) is 0 Å². The van der Waals surface area contributed by atoms with Crippen LogP contribution in [0.1, 0.15) is 35.2 Å². The Hall–Kier alpha value is -2.06. The molecule has 3 aromatic rings. The Kier molecular flexibility index (Phi) is 4.40. The monoisotopic (exact) mass is 318 g/mol. The molecule has 0 saturated heterocycles. The molecule has 2 aromatic carbocycles. The molecule has 0 bridgehead atoms. The van der Waals surface area contributed by atoms with Crippen LogP contribution in [0.25, 0.3) is 10.9 Å². The molecule has 0 amide bonds. The fourth-order valence-electron chi connectivity index (χ4n) is 4.02. The van der Waals surface area contributed by atoms with Crippen LogP contribution in [0.15, 0.2) is 48.5 Å². The average Bonchev–Trinajstić information content (AvgIpc) is 2.93. The van der Waals surface area contributed by atoms with E-state index >= 15 is 0 Å². The molecule has 2 nitrogen and oxygen atoms in total. The van der Waals surface area contributed by atoms with Gasteiger partial charge in [-0.2, -0.15) is 0 Å². The molecule has 1 aromatic heterocycles. The number of aromatic nitrogens is 1. The van der Waals surface area contributed by atoms with Crippen molar-refractivity contribution in [1.29, 1.82) is 0 Å². The lowest BCUT2D eigenvalue weighted by Gasteiger charge is -2.17. The maximum Gasteiger partial charge on any atom is 0.0485 e. The summed E-state index contributed by atoms with van der Waals surface area (Å²) in [5.74, 6) is 0. The van der Waals surface area contributed by atoms with Gasteiger partial charge in [-0.05, 0) is 62.4 Å². The predicted octanol–water partition coefficient (Wildman–Crippen LogP) is 4.62. The minimum absolute atomic E-state index is 0.952. The normalized spacial score (nSPS) is 14.0. The maximum atomic E-state index is 3.62. The van der Waals surface area contributed by atoms with Crippen LogP contribution in [0.4, 0.5) is 0 Å². The SMILES string of the molecule is Cc1ccc2c(c1)c(CCNCc1ccccc1)c1n2CCCC1. The average molecular weight is 318 g/mol. The van der Waals surface area contributed by atoms with Gasteiger partial charge in [0.15, 0.2) is 0 Å². The van der Waals surface area contributed by atoms with Gasteiger partial charge < -0.3 is 9.88 Å². The van der Waals surface area contributed by atoms with Crippen molar-refractivity contribution in [2.45, 2.75) is 45.7 Å². The van der Waals surface area contributed by atoms with Gasteiger partial charge in [0.25, 0.3) is 0 Å². The van der Waals surface area contributed by atoms with E-state index in [0.717, 1.165) is 19.5 Å². The highest BCUT2D eigenvalue weighted by Gasteiger charge is 2.19.